The van der Waals surface area contributed by atoms with Crippen molar-refractivity contribution >= 4 is 23.6 Å². The van der Waals surface area contributed by atoms with E-state index in [2.05, 4.69) is 0 Å². The predicted octanol–water partition coefficient (Wildman–Crippen LogP) is 3.40. The van der Waals surface area contributed by atoms with Crippen molar-refractivity contribution in [3.05, 3.63) is 72.0 Å². The van der Waals surface area contributed by atoms with Gasteiger partial charge in [-0.3, -0.25) is 20.0 Å². The molecule has 176 valence electrons. The monoisotopic (exact) mass is 466 g/mol. The van der Waals surface area contributed by atoms with E-state index in [1.165, 1.54) is 0 Å². The molecule has 0 saturated carbocycles. The molecule has 2 N–H and O–H groups in total. The first kappa shape index (κ1) is 25.4. The smallest absolute Gasteiger partial charge is 0.233 e. The fraction of sp³-hybridized carbons (Fsp3) is 0.182. The van der Waals surface area contributed by atoms with Crippen LogP contribution < -0.4 is 9.47 Å². The number of rotatable bonds is 10. The molecule has 33 heavy (non-hydrogen) atoms. The minimum absolute atomic E-state index is 0.130. The molecule has 0 unspecified atom stereocenters. The summed E-state index contributed by atoms with van der Waals surface area (Å²) in [6.07, 6.45) is 0.481. The first-order chi connectivity index (χ1) is 15.8. The third kappa shape index (κ3) is 8.31. The second kappa shape index (κ2) is 12.9. The minimum Gasteiger partial charge on any atom is -0.492 e. The SMILES string of the molecule is O=CN(O)CCOc1cc(F)c(F)cc1F.O=CN(O)CCOc1ccc2ccccc2c1. The molecule has 8 nitrogen and oxygen atoms in total. The average Bonchev–Trinajstić information content (AvgIpc) is 2.82. The van der Waals surface area contributed by atoms with E-state index in [0.29, 0.717) is 23.6 Å². The fourth-order valence-corrected chi connectivity index (χ4v) is 2.48. The molecular weight excluding hydrogens is 445 g/mol. The summed E-state index contributed by atoms with van der Waals surface area (Å²) in [5.74, 6) is -3.38. The molecule has 0 aromatic heterocycles. The Morgan fingerprint density at radius 1 is 0.727 bits per heavy atom. The molecule has 2 amide bonds. The van der Waals surface area contributed by atoms with E-state index in [9.17, 15) is 22.8 Å². The van der Waals surface area contributed by atoms with Gasteiger partial charge in [0.15, 0.2) is 23.2 Å². The Morgan fingerprint density at radius 3 is 1.94 bits per heavy atom. The number of carbonyl (C=O) groups is 2. The van der Waals surface area contributed by atoms with E-state index >= 15 is 0 Å². The van der Waals surface area contributed by atoms with Crippen LogP contribution in [0.15, 0.2) is 54.6 Å². The van der Waals surface area contributed by atoms with Gasteiger partial charge in [-0.15, -0.1) is 0 Å². The zero-order valence-electron chi connectivity index (χ0n) is 17.2. The number of amides is 2. The highest BCUT2D eigenvalue weighted by atomic mass is 19.2. The Hall–Kier alpha value is -3.83. The third-order valence-corrected chi connectivity index (χ3v) is 4.11. The number of hydrogen-bond donors (Lipinski definition) is 2. The first-order valence-corrected chi connectivity index (χ1v) is 9.54. The van der Waals surface area contributed by atoms with Gasteiger partial charge in [0.05, 0.1) is 13.1 Å². The van der Waals surface area contributed by atoms with Crippen LogP contribution in [-0.2, 0) is 9.59 Å². The standard InChI is InChI=1S/C13H13NO3.C9H8F3NO3/c15-10-14(16)7-8-17-13-6-5-11-3-1-2-4-12(11)9-13;10-6-3-8(12)9(4-7(6)11)16-2-1-13(15)5-14/h1-6,9-10,16H,7-8H2;3-5,15H,1-2H2. The Balaban J connectivity index is 0.000000234. The predicted molar refractivity (Wildman–Crippen MR) is 110 cm³/mol. The lowest BCUT2D eigenvalue weighted by atomic mass is 10.1. The number of fused-ring (bicyclic) bond motifs is 1. The van der Waals surface area contributed by atoms with Gasteiger partial charge in [-0.1, -0.05) is 30.3 Å². The van der Waals surface area contributed by atoms with E-state index in [0.717, 1.165) is 16.5 Å². The zero-order valence-corrected chi connectivity index (χ0v) is 17.2. The average molecular weight is 466 g/mol. The van der Waals surface area contributed by atoms with Crippen molar-refractivity contribution in [2.24, 2.45) is 0 Å². The van der Waals surface area contributed by atoms with Crippen molar-refractivity contribution in [3.63, 3.8) is 0 Å². The molecule has 0 aliphatic carbocycles. The molecule has 0 spiro atoms. The number of nitrogens with zero attached hydrogens (tertiary/aromatic N) is 2. The molecule has 3 rings (SSSR count). The quantitative estimate of drug-likeness (QED) is 0.206. The lowest BCUT2D eigenvalue weighted by molar-refractivity contribution is -0.151. The Kier molecular flexibility index (Phi) is 9.93. The maximum atomic E-state index is 13.0. The summed E-state index contributed by atoms with van der Waals surface area (Å²) in [5, 5.41) is 20.6. The van der Waals surface area contributed by atoms with E-state index in [1.54, 1.807) is 0 Å². The molecule has 3 aromatic rings. The van der Waals surface area contributed by atoms with Crippen molar-refractivity contribution in [2.45, 2.75) is 0 Å². The Labute approximate surface area is 186 Å². The molecular formula is C22H21F3N2O6. The highest BCUT2D eigenvalue weighted by molar-refractivity contribution is 5.83. The molecule has 0 atom stereocenters. The minimum atomic E-state index is -1.32. The molecule has 0 radical (unpaired) electrons. The van der Waals surface area contributed by atoms with Crippen molar-refractivity contribution in [1.82, 2.24) is 10.1 Å². The van der Waals surface area contributed by atoms with Crippen molar-refractivity contribution in [3.8, 4) is 11.5 Å². The van der Waals surface area contributed by atoms with Crippen molar-refractivity contribution < 1.29 is 42.6 Å². The van der Waals surface area contributed by atoms with Crippen LogP contribution in [0.2, 0.25) is 0 Å². The number of carbonyl (C=O) groups excluding carboxylic acids is 2. The van der Waals surface area contributed by atoms with Gasteiger partial charge in [-0.05, 0) is 22.9 Å². The topological polar surface area (TPSA) is 99.5 Å². The highest BCUT2D eigenvalue weighted by Gasteiger charge is 2.11. The van der Waals surface area contributed by atoms with Crippen LogP contribution in [0.5, 0.6) is 11.5 Å². The summed E-state index contributed by atoms with van der Waals surface area (Å²) < 4.78 is 48.3. The molecule has 0 heterocycles. The molecule has 0 aliphatic heterocycles. The van der Waals surface area contributed by atoms with Gasteiger partial charge in [0.2, 0.25) is 12.8 Å². The summed E-state index contributed by atoms with van der Waals surface area (Å²) in [4.78, 5) is 20.1. The van der Waals surface area contributed by atoms with Crippen molar-refractivity contribution in [2.75, 3.05) is 26.3 Å². The van der Waals surface area contributed by atoms with Crippen LogP contribution in [-0.4, -0.2) is 59.7 Å². The van der Waals surface area contributed by atoms with Gasteiger partial charge in [-0.25, -0.2) is 23.3 Å². The second-order valence-corrected chi connectivity index (χ2v) is 6.44. The molecule has 0 aliphatic rings. The van der Waals surface area contributed by atoms with E-state index in [4.69, 9.17) is 19.9 Å². The number of hydrogen-bond acceptors (Lipinski definition) is 6. The normalized spacial score (nSPS) is 10.1. The second-order valence-electron chi connectivity index (χ2n) is 6.44. The number of benzene rings is 3. The Bertz CT molecular complexity index is 1070. The van der Waals surface area contributed by atoms with Crippen molar-refractivity contribution in [1.29, 1.82) is 0 Å². The van der Waals surface area contributed by atoms with Gasteiger partial charge in [0.25, 0.3) is 0 Å². The van der Waals surface area contributed by atoms with Crippen LogP contribution in [0.25, 0.3) is 10.8 Å². The van der Waals surface area contributed by atoms with Gasteiger partial charge < -0.3 is 9.47 Å². The van der Waals surface area contributed by atoms with Gasteiger partial charge >= 0.3 is 0 Å². The summed E-state index contributed by atoms with van der Waals surface area (Å²) >= 11 is 0. The maximum Gasteiger partial charge on any atom is 0.233 e. The zero-order chi connectivity index (χ0) is 24.2. The van der Waals surface area contributed by atoms with Gasteiger partial charge in [0.1, 0.15) is 19.0 Å². The first-order valence-electron chi connectivity index (χ1n) is 9.54. The van der Waals surface area contributed by atoms with Crippen LogP contribution >= 0.6 is 0 Å². The molecule has 3 aromatic carbocycles. The fourth-order valence-electron chi connectivity index (χ4n) is 2.48. The van der Waals surface area contributed by atoms with E-state index < -0.39 is 23.2 Å². The molecule has 0 saturated heterocycles. The Morgan fingerprint density at radius 2 is 1.30 bits per heavy atom. The van der Waals surface area contributed by atoms with Crippen LogP contribution in [0.3, 0.4) is 0 Å². The summed E-state index contributed by atoms with van der Waals surface area (Å²) in [6, 6.07) is 14.6. The van der Waals surface area contributed by atoms with E-state index in [-0.39, 0.29) is 37.8 Å². The van der Waals surface area contributed by atoms with Gasteiger partial charge in [0, 0.05) is 12.1 Å². The maximum absolute atomic E-state index is 13.0. The van der Waals surface area contributed by atoms with Crippen LogP contribution in [0.4, 0.5) is 13.2 Å². The number of ether oxygens (including phenoxy) is 2. The molecule has 0 bridgehead atoms. The lowest BCUT2D eigenvalue weighted by Gasteiger charge is -2.10. The summed E-state index contributed by atoms with van der Waals surface area (Å²) in [6.45, 7) is -0.0664. The molecule has 0 fully saturated rings. The van der Waals surface area contributed by atoms with Crippen LogP contribution in [0, 0.1) is 17.5 Å². The largest absolute Gasteiger partial charge is 0.492 e. The van der Waals surface area contributed by atoms with Gasteiger partial charge in [-0.2, -0.15) is 0 Å². The number of halogens is 3. The number of hydroxylamine groups is 4. The summed E-state index contributed by atoms with van der Waals surface area (Å²) in [5.41, 5.74) is 0. The van der Waals surface area contributed by atoms with Crippen LogP contribution in [0.1, 0.15) is 0 Å². The lowest BCUT2D eigenvalue weighted by Crippen LogP contribution is -2.23. The highest BCUT2D eigenvalue weighted by Crippen LogP contribution is 2.21. The van der Waals surface area contributed by atoms with E-state index in [1.807, 2.05) is 42.5 Å². The third-order valence-electron chi connectivity index (χ3n) is 4.11. The molecule has 11 heteroatoms. The summed E-state index contributed by atoms with van der Waals surface area (Å²) in [7, 11) is 0.